The van der Waals surface area contributed by atoms with Crippen molar-refractivity contribution in [3.8, 4) is 0 Å². The summed E-state index contributed by atoms with van der Waals surface area (Å²) in [4.78, 5) is 8.04. The van der Waals surface area contributed by atoms with Crippen molar-refractivity contribution in [1.82, 2.24) is 24.9 Å². The predicted molar refractivity (Wildman–Crippen MR) is 47.4 cm³/mol. The van der Waals surface area contributed by atoms with Gasteiger partial charge in [0.15, 0.2) is 5.82 Å². The molecule has 0 saturated heterocycles. The lowest BCUT2D eigenvalue weighted by Gasteiger charge is -1.91. The first-order chi connectivity index (χ1) is 6.88. The molecule has 0 N–H and O–H groups in total. The van der Waals surface area contributed by atoms with Gasteiger partial charge in [-0.2, -0.15) is 10.1 Å². The maximum atomic E-state index is 5.03. The lowest BCUT2D eigenvalue weighted by molar-refractivity contribution is 0.370. The van der Waals surface area contributed by atoms with Crippen LogP contribution < -0.4 is 0 Å². The maximum Gasteiger partial charge on any atom is 0.226 e. The Morgan fingerprint density at radius 1 is 1.50 bits per heavy atom. The van der Waals surface area contributed by atoms with Gasteiger partial charge in [0.1, 0.15) is 19.2 Å². The fraction of sp³-hybridized carbons (Fsp3) is 0.500. The molecule has 0 amide bonds. The molecule has 2 aromatic heterocycles. The van der Waals surface area contributed by atoms with Crippen LogP contribution in [0.1, 0.15) is 25.1 Å². The highest BCUT2D eigenvalue weighted by atomic mass is 16.5. The normalized spacial score (nSPS) is 10.6. The summed E-state index contributed by atoms with van der Waals surface area (Å²) in [6, 6.07) is 0. The monoisotopic (exact) mass is 193 g/mol. The Labute approximate surface area is 81.0 Å². The van der Waals surface area contributed by atoms with Crippen molar-refractivity contribution in [3.05, 3.63) is 24.4 Å². The molecular weight excluding hydrogens is 182 g/mol. The van der Waals surface area contributed by atoms with E-state index in [-0.39, 0.29) is 0 Å². The summed E-state index contributed by atoms with van der Waals surface area (Å²) < 4.78 is 6.68. The number of rotatable bonds is 4. The van der Waals surface area contributed by atoms with Gasteiger partial charge in [-0.1, -0.05) is 12.1 Å². The van der Waals surface area contributed by atoms with Crippen molar-refractivity contribution in [1.29, 1.82) is 0 Å². The summed E-state index contributed by atoms with van der Waals surface area (Å²) in [7, 11) is 0. The van der Waals surface area contributed by atoms with Gasteiger partial charge in [-0.15, -0.1) is 0 Å². The molecule has 0 unspecified atom stereocenters. The van der Waals surface area contributed by atoms with Crippen molar-refractivity contribution >= 4 is 0 Å². The van der Waals surface area contributed by atoms with Gasteiger partial charge in [0, 0.05) is 6.42 Å². The van der Waals surface area contributed by atoms with Crippen molar-refractivity contribution < 1.29 is 4.52 Å². The zero-order valence-corrected chi connectivity index (χ0v) is 7.92. The van der Waals surface area contributed by atoms with Crippen LogP contribution in [0.3, 0.4) is 0 Å². The molecule has 74 valence electrons. The van der Waals surface area contributed by atoms with E-state index in [1.54, 1.807) is 11.0 Å². The van der Waals surface area contributed by atoms with Gasteiger partial charge >= 0.3 is 0 Å². The van der Waals surface area contributed by atoms with Crippen LogP contribution in [0.2, 0.25) is 0 Å². The van der Waals surface area contributed by atoms with E-state index in [1.165, 1.54) is 6.33 Å². The molecule has 0 atom stereocenters. The van der Waals surface area contributed by atoms with Gasteiger partial charge in [-0.05, 0) is 6.42 Å². The van der Waals surface area contributed by atoms with E-state index in [0.717, 1.165) is 12.8 Å². The van der Waals surface area contributed by atoms with E-state index in [2.05, 4.69) is 27.1 Å². The molecule has 14 heavy (non-hydrogen) atoms. The molecule has 0 bridgehead atoms. The van der Waals surface area contributed by atoms with E-state index in [1.807, 2.05) is 0 Å². The average molecular weight is 193 g/mol. The van der Waals surface area contributed by atoms with Crippen LogP contribution in [-0.2, 0) is 13.0 Å². The topological polar surface area (TPSA) is 69.6 Å². The minimum absolute atomic E-state index is 0.507. The third kappa shape index (κ3) is 1.95. The van der Waals surface area contributed by atoms with E-state index in [4.69, 9.17) is 4.52 Å². The Morgan fingerprint density at radius 3 is 3.14 bits per heavy atom. The van der Waals surface area contributed by atoms with Gasteiger partial charge in [0.25, 0.3) is 0 Å². The zero-order chi connectivity index (χ0) is 9.80. The summed E-state index contributed by atoms with van der Waals surface area (Å²) in [5, 5.41) is 7.79. The molecule has 6 heteroatoms. The Balaban J connectivity index is 2.03. The number of nitrogens with zero attached hydrogens (tertiary/aromatic N) is 5. The zero-order valence-electron chi connectivity index (χ0n) is 7.92. The molecule has 0 spiro atoms. The minimum atomic E-state index is 0.507. The number of hydrogen-bond acceptors (Lipinski definition) is 5. The molecular formula is C8H11N5O. The molecule has 0 aliphatic heterocycles. The molecule has 6 nitrogen and oxygen atoms in total. The van der Waals surface area contributed by atoms with Crippen LogP contribution >= 0.6 is 0 Å². The predicted octanol–water partition coefficient (Wildman–Crippen LogP) is 0.662. The van der Waals surface area contributed by atoms with Crippen LogP contribution in [0.5, 0.6) is 0 Å². The van der Waals surface area contributed by atoms with Gasteiger partial charge in [0.05, 0.1) is 0 Å². The molecule has 0 aliphatic carbocycles. The molecule has 2 rings (SSSR count). The van der Waals surface area contributed by atoms with Gasteiger partial charge in [-0.25, -0.2) is 9.67 Å². The number of hydrogen-bond donors (Lipinski definition) is 0. The maximum absolute atomic E-state index is 5.03. The second kappa shape index (κ2) is 3.99. The number of aryl methyl sites for hydroxylation is 1. The SMILES string of the molecule is CCCc1nc(Cn2cncn2)no1. The van der Waals surface area contributed by atoms with Crippen LogP contribution in [-0.4, -0.2) is 24.9 Å². The van der Waals surface area contributed by atoms with Crippen molar-refractivity contribution in [2.45, 2.75) is 26.3 Å². The molecule has 0 fully saturated rings. The molecule has 0 aliphatic rings. The number of aromatic nitrogens is 5. The molecule has 0 saturated carbocycles. The smallest absolute Gasteiger partial charge is 0.226 e. The average Bonchev–Trinajstić information content (AvgIpc) is 2.79. The van der Waals surface area contributed by atoms with Crippen LogP contribution in [0.25, 0.3) is 0 Å². The Bertz CT molecular complexity index is 380. The van der Waals surface area contributed by atoms with Gasteiger partial charge in [-0.3, -0.25) is 0 Å². The summed E-state index contributed by atoms with van der Waals surface area (Å²) in [6.45, 7) is 2.58. The van der Waals surface area contributed by atoms with E-state index in [0.29, 0.717) is 18.3 Å². The highest BCUT2D eigenvalue weighted by Crippen LogP contribution is 2.01. The van der Waals surface area contributed by atoms with Crippen LogP contribution in [0.4, 0.5) is 0 Å². The quantitative estimate of drug-likeness (QED) is 0.713. The second-order valence-electron chi connectivity index (χ2n) is 2.95. The van der Waals surface area contributed by atoms with Gasteiger partial charge in [0.2, 0.25) is 5.89 Å². The Kier molecular flexibility index (Phi) is 2.53. The van der Waals surface area contributed by atoms with E-state index < -0.39 is 0 Å². The Morgan fingerprint density at radius 2 is 2.43 bits per heavy atom. The first-order valence-electron chi connectivity index (χ1n) is 4.52. The third-order valence-electron chi connectivity index (χ3n) is 1.74. The van der Waals surface area contributed by atoms with E-state index >= 15 is 0 Å². The highest BCUT2D eigenvalue weighted by molar-refractivity contribution is 4.86. The van der Waals surface area contributed by atoms with Crippen molar-refractivity contribution in [2.24, 2.45) is 0 Å². The van der Waals surface area contributed by atoms with Crippen molar-refractivity contribution in [3.63, 3.8) is 0 Å². The molecule has 0 aromatic carbocycles. The largest absolute Gasteiger partial charge is 0.339 e. The van der Waals surface area contributed by atoms with E-state index in [9.17, 15) is 0 Å². The summed E-state index contributed by atoms with van der Waals surface area (Å²) in [5.41, 5.74) is 0. The van der Waals surface area contributed by atoms with Crippen molar-refractivity contribution in [2.75, 3.05) is 0 Å². The Hall–Kier alpha value is -1.72. The molecule has 2 heterocycles. The van der Waals surface area contributed by atoms with Gasteiger partial charge < -0.3 is 4.52 Å². The molecule has 2 aromatic rings. The third-order valence-corrected chi connectivity index (χ3v) is 1.74. The summed E-state index contributed by atoms with van der Waals surface area (Å²) in [6.07, 6.45) is 4.93. The first-order valence-corrected chi connectivity index (χ1v) is 4.52. The van der Waals surface area contributed by atoms with Crippen LogP contribution in [0.15, 0.2) is 17.2 Å². The van der Waals surface area contributed by atoms with Crippen LogP contribution in [0, 0.1) is 0 Å². The molecule has 0 radical (unpaired) electrons. The minimum Gasteiger partial charge on any atom is -0.339 e. The lowest BCUT2D eigenvalue weighted by atomic mass is 10.3. The summed E-state index contributed by atoms with van der Waals surface area (Å²) in [5.74, 6) is 1.32. The second-order valence-corrected chi connectivity index (χ2v) is 2.95. The fourth-order valence-electron chi connectivity index (χ4n) is 1.13. The summed E-state index contributed by atoms with van der Waals surface area (Å²) >= 11 is 0. The highest BCUT2D eigenvalue weighted by Gasteiger charge is 2.05. The fourth-order valence-corrected chi connectivity index (χ4v) is 1.13. The first kappa shape index (κ1) is 8.86. The lowest BCUT2D eigenvalue weighted by Crippen LogP contribution is -2.01. The standard InChI is InChI=1S/C8H11N5O/c1-2-3-8-11-7(12-14-8)4-13-6-9-5-10-13/h5-6H,2-4H2,1H3.